The molecule has 0 aliphatic heterocycles. The van der Waals surface area contributed by atoms with Gasteiger partial charge in [0.2, 0.25) is 0 Å². The van der Waals surface area contributed by atoms with Gasteiger partial charge in [0.1, 0.15) is 0 Å². The van der Waals surface area contributed by atoms with Gasteiger partial charge in [0.25, 0.3) is 15.7 Å². The quantitative estimate of drug-likeness (QED) is 0.313. The molecular weight excluding hydrogens is 366 g/mol. The Labute approximate surface area is 156 Å². The molecule has 8 heteroatoms. The Morgan fingerprint density at radius 3 is 2.04 bits per heavy atom. The topological polar surface area (TPSA) is 102 Å². The fraction of sp³-hybridized carbons (Fsp3) is 0. The van der Waals surface area contributed by atoms with E-state index < -0.39 is 14.9 Å². The summed E-state index contributed by atoms with van der Waals surface area (Å²) in [6.07, 6.45) is 0. The third kappa shape index (κ3) is 4.36. The molecule has 0 amide bonds. The zero-order valence-electron chi connectivity index (χ0n) is 14.0. The van der Waals surface area contributed by atoms with Crippen molar-refractivity contribution in [2.45, 2.75) is 4.90 Å². The molecule has 1 N–H and O–H groups in total. The molecule has 3 aromatic rings. The van der Waals surface area contributed by atoms with Gasteiger partial charge in [0.15, 0.2) is 5.84 Å². The Bertz CT molecular complexity index is 1080. The van der Waals surface area contributed by atoms with E-state index in [1.807, 2.05) is 0 Å². The van der Waals surface area contributed by atoms with Crippen molar-refractivity contribution in [3.63, 3.8) is 0 Å². The van der Waals surface area contributed by atoms with E-state index >= 15 is 0 Å². The first-order valence-electron chi connectivity index (χ1n) is 7.93. The minimum atomic E-state index is -4.07. The van der Waals surface area contributed by atoms with Crippen molar-refractivity contribution in [2.24, 2.45) is 4.40 Å². The number of rotatable bonds is 5. The molecule has 0 aliphatic rings. The van der Waals surface area contributed by atoms with E-state index in [1.54, 1.807) is 54.6 Å². The van der Waals surface area contributed by atoms with E-state index in [-0.39, 0.29) is 22.0 Å². The second kappa shape index (κ2) is 7.79. The fourth-order valence-corrected chi connectivity index (χ4v) is 3.39. The minimum absolute atomic E-state index is 0.00375. The predicted octanol–water partition coefficient (Wildman–Crippen LogP) is 3.84. The van der Waals surface area contributed by atoms with Gasteiger partial charge >= 0.3 is 0 Å². The van der Waals surface area contributed by atoms with Crippen LogP contribution in [0.3, 0.4) is 0 Å². The summed E-state index contributed by atoms with van der Waals surface area (Å²) in [5.74, 6) is -0.127. The number of nitrogens with zero attached hydrogens (tertiary/aromatic N) is 2. The molecule has 0 unspecified atom stereocenters. The van der Waals surface area contributed by atoms with Crippen LogP contribution < -0.4 is 5.32 Å². The summed E-state index contributed by atoms with van der Waals surface area (Å²) >= 11 is 0. The van der Waals surface area contributed by atoms with Crippen LogP contribution in [0.15, 0.2) is 94.2 Å². The smallest absolute Gasteiger partial charge is 0.284 e. The molecule has 27 heavy (non-hydrogen) atoms. The van der Waals surface area contributed by atoms with Gasteiger partial charge in [-0.3, -0.25) is 10.1 Å². The lowest BCUT2D eigenvalue weighted by atomic mass is 10.1. The first-order valence-corrected chi connectivity index (χ1v) is 9.37. The van der Waals surface area contributed by atoms with Gasteiger partial charge < -0.3 is 5.32 Å². The summed E-state index contributed by atoms with van der Waals surface area (Å²) in [6.45, 7) is 0. The van der Waals surface area contributed by atoms with Crippen LogP contribution in [0.25, 0.3) is 0 Å². The van der Waals surface area contributed by atoms with E-state index in [4.69, 9.17) is 0 Å². The molecule has 0 bridgehead atoms. The lowest BCUT2D eigenvalue weighted by molar-refractivity contribution is -0.385. The van der Waals surface area contributed by atoms with E-state index in [2.05, 4.69) is 9.71 Å². The summed E-state index contributed by atoms with van der Waals surface area (Å²) in [6, 6.07) is 22.2. The largest absolute Gasteiger partial charge is 0.339 e. The van der Waals surface area contributed by atoms with Gasteiger partial charge in [-0.25, -0.2) is 0 Å². The van der Waals surface area contributed by atoms with Crippen LogP contribution in [0.1, 0.15) is 5.56 Å². The Hall–Kier alpha value is -3.52. The third-order valence-electron chi connectivity index (χ3n) is 3.64. The molecular formula is C19H15N3O4S. The number of nitro groups is 1. The van der Waals surface area contributed by atoms with Crippen molar-refractivity contribution in [1.82, 2.24) is 0 Å². The molecule has 0 aromatic heterocycles. The summed E-state index contributed by atoms with van der Waals surface area (Å²) in [4.78, 5) is 10.8. The molecule has 0 spiro atoms. The number of hydrogen-bond acceptors (Lipinski definition) is 4. The Morgan fingerprint density at radius 1 is 0.852 bits per heavy atom. The summed E-state index contributed by atoms with van der Waals surface area (Å²) < 4.78 is 29.2. The normalized spacial score (nSPS) is 11.8. The molecule has 3 aromatic carbocycles. The number of nitro benzene ring substituents is 1. The second-order valence-electron chi connectivity index (χ2n) is 5.49. The molecule has 7 nitrogen and oxygen atoms in total. The molecule has 0 atom stereocenters. The van der Waals surface area contributed by atoms with Crippen molar-refractivity contribution in [1.29, 1.82) is 0 Å². The maximum absolute atomic E-state index is 12.7. The minimum Gasteiger partial charge on any atom is -0.339 e. The highest BCUT2D eigenvalue weighted by molar-refractivity contribution is 7.90. The molecule has 3 rings (SSSR count). The number of sulfonamides is 1. The lowest BCUT2D eigenvalue weighted by Gasteiger charge is -2.11. The Kier molecular flexibility index (Phi) is 5.28. The average molecular weight is 381 g/mol. The highest BCUT2D eigenvalue weighted by Gasteiger charge is 2.21. The highest BCUT2D eigenvalue weighted by atomic mass is 32.2. The van der Waals surface area contributed by atoms with Crippen molar-refractivity contribution in [3.05, 3.63) is 101 Å². The number of nitrogens with one attached hydrogen (secondary N) is 1. The molecule has 0 fully saturated rings. The first-order chi connectivity index (χ1) is 13.0. The van der Waals surface area contributed by atoms with Gasteiger partial charge in [-0.1, -0.05) is 48.5 Å². The zero-order chi connectivity index (χ0) is 19.3. The predicted molar refractivity (Wildman–Crippen MR) is 103 cm³/mol. The van der Waals surface area contributed by atoms with E-state index in [1.165, 1.54) is 30.3 Å². The van der Waals surface area contributed by atoms with Crippen LogP contribution in [0.2, 0.25) is 0 Å². The molecule has 0 saturated heterocycles. The Morgan fingerprint density at radius 2 is 1.41 bits per heavy atom. The number of para-hydroxylation sites is 2. The first kappa shape index (κ1) is 18.3. The van der Waals surface area contributed by atoms with Crippen LogP contribution >= 0.6 is 0 Å². The van der Waals surface area contributed by atoms with Crippen LogP contribution in [-0.4, -0.2) is 19.2 Å². The maximum atomic E-state index is 12.7. The second-order valence-corrected chi connectivity index (χ2v) is 7.10. The summed E-state index contributed by atoms with van der Waals surface area (Å²) in [5, 5.41) is 14.3. The van der Waals surface area contributed by atoms with E-state index in [9.17, 15) is 18.5 Å². The molecule has 136 valence electrons. The molecule has 0 saturated carbocycles. The SMILES string of the molecule is O=[N+]([O-])c1ccccc1/C(=N/S(=O)(=O)c1ccccc1)Nc1ccccc1. The summed E-state index contributed by atoms with van der Waals surface area (Å²) in [5.41, 5.74) is 0.381. The summed E-state index contributed by atoms with van der Waals surface area (Å²) in [7, 11) is -4.07. The van der Waals surface area contributed by atoms with Crippen LogP contribution in [0, 0.1) is 10.1 Å². The third-order valence-corrected chi connectivity index (χ3v) is 4.94. The van der Waals surface area contributed by atoms with Gasteiger partial charge in [0.05, 0.1) is 15.4 Å². The average Bonchev–Trinajstić information content (AvgIpc) is 2.69. The van der Waals surface area contributed by atoms with Crippen molar-refractivity contribution < 1.29 is 13.3 Å². The van der Waals surface area contributed by atoms with Gasteiger partial charge in [-0.2, -0.15) is 8.42 Å². The maximum Gasteiger partial charge on any atom is 0.284 e. The molecule has 0 radical (unpaired) electrons. The fourth-order valence-electron chi connectivity index (χ4n) is 2.40. The number of anilines is 1. The van der Waals surface area contributed by atoms with Gasteiger partial charge in [0, 0.05) is 11.8 Å². The van der Waals surface area contributed by atoms with Crippen LogP contribution in [-0.2, 0) is 10.0 Å². The van der Waals surface area contributed by atoms with Crippen molar-refractivity contribution in [3.8, 4) is 0 Å². The van der Waals surface area contributed by atoms with E-state index in [0.717, 1.165) is 0 Å². The zero-order valence-corrected chi connectivity index (χ0v) is 14.8. The lowest BCUT2D eigenvalue weighted by Crippen LogP contribution is -2.18. The van der Waals surface area contributed by atoms with Crippen LogP contribution in [0.5, 0.6) is 0 Å². The number of amidine groups is 1. The van der Waals surface area contributed by atoms with Gasteiger partial charge in [-0.15, -0.1) is 4.40 Å². The molecule has 0 heterocycles. The standard InChI is InChI=1S/C19H15N3O4S/c23-22(24)18-14-8-7-13-17(18)19(20-15-9-3-1-4-10-15)21-27(25,26)16-11-5-2-6-12-16/h1-14H,(H,20,21). The highest BCUT2D eigenvalue weighted by Crippen LogP contribution is 2.22. The van der Waals surface area contributed by atoms with Crippen molar-refractivity contribution >= 4 is 27.2 Å². The monoisotopic (exact) mass is 381 g/mol. The van der Waals surface area contributed by atoms with Gasteiger partial charge in [-0.05, 0) is 30.3 Å². The number of hydrogen-bond donors (Lipinski definition) is 1. The molecule has 0 aliphatic carbocycles. The van der Waals surface area contributed by atoms with Crippen LogP contribution in [0.4, 0.5) is 11.4 Å². The Balaban J connectivity index is 2.15. The van der Waals surface area contributed by atoms with E-state index in [0.29, 0.717) is 5.69 Å². The number of benzene rings is 3. The van der Waals surface area contributed by atoms with Crippen molar-refractivity contribution in [2.75, 3.05) is 5.32 Å².